The smallest absolute Gasteiger partial charge is 0.0224 e. The van der Waals surface area contributed by atoms with Gasteiger partial charge in [-0.05, 0) is 58.8 Å². The Bertz CT molecular complexity index is 226. The molecule has 1 N–H and O–H groups in total. The van der Waals surface area contributed by atoms with Gasteiger partial charge in [-0.15, -0.1) is 0 Å². The van der Waals surface area contributed by atoms with Gasteiger partial charge in [-0.25, -0.2) is 0 Å². The summed E-state index contributed by atoms with van der Waals surface area (Å²) in [6.07, 6.45) is 8.23. The van der Waals surface area contributed by atoms with Crippen LogP contribution in [0.2, 0.25) is 0 Å². The third kappa shape index (κ3) is 4.22. The van der Waals surface area contributed by atoms with E-state index in [2.05, 4.69) is 29.1 Å². The predicted molar refractivity (Wildman–Crippen MR) is 78.0 cm³/mol. The number of likely N-dealkylation sites (N-methyl/N-ethyl adjacent to an activating group) is 1. The first-order chi connectivity index (χ1) is 8.79. The van der Waals surface area contributed by atoms with Gasteiger partial charge in [-0.3, -0.25) is 4.90 Å². The predicted octanol–water partition coefficient (Wildman–Crippen LogP) is 1.93. The van der Waals surface area contributed by atoms with Crippen LogP contribution in [0.3, 0.4) is 0 Å². The molecule has 3 nitrogen and oxygen atoms in total. The van der Waals surface area contributed by atoms with Crippen molar-refractivity contribution in [3.63, 3.8) is 0 Å². The third-order valence-electron chi connectivity index (χ3n) is 4.49. The van der Waals surface area contributed by atoms with E-state index in [0.717, 1.165) is 12.1 Å². The van der Waals surface area contributed by atoms with Crippen LogP contribution < -0.4 is 5.32 Å². The first-order valence-electron chi connectivity index (χ1n) is 7.95. The minimum atomic E-state index is 0.748. The summed E-state index contributed by atoms with van der Waals surface area (Å²) in [5, 5.41) is 3.70. The third-order valence-corrected chi connectivity index (χ3v) is 4.49. The molecular formula is C15H31N3. The van der Waals surface area contributed by atoms with Gasteiger partial charge in [-0.2, -0.15) is 0 Å². The molecule has 2 heterocycles. The maximum atomic E-state index is 3.70. The lowest BCUT2D eigenvalue weighted by atomic mass is 10.0. The highest BCUT2D eigenvalue weighted by Gasteiger charge is 2.25. The molecule has 0 aromatic heterocycles. The summed E-state index contributed by atoms with van der Waals surface area (Å²) in [4.78, 5) is 5.27. The van der Waals surface area contributed by atoms with E-state index >= 15 is 0 Å². The van der Waals surface area contributed by atoms with Crippen molar-refractivity contribution in [1.82, 2.24) is 15.1 Å². The summed E-state index contributed by atoms with van der Waals surface area (Å²) in [6, 6.07) is 1.55. The van der Waals surface area contributed by atoms with Crippen molar-refractivity contribution in [2.75, 3.05) is 39.8 Å². The first kappa shape index (κ1) is 14.3. The van der Waals surface area contributed by atoms with Gasteiger partial charge in [-0.1, -0.05) is 13.3 Å². The Morgan fingerprint density at radius 3 is 2.78 bits per heavy atom. The van der Waals surface area contributed by atoms with Gasteiger partial charge in [0.2, 0.25) is 0 Å². The van der Waals surface area contributed by atoms with Crippen molar-refractivity contribution in [2.24, 2.45) is 0 Å². The van der Waals surface area contributed by atoms with E-state index in [1.54, 1.807) is 0 Å². The topological polar surface area (TPSA) is 18.5 Å². The molecule has 0 radical (unpaired) electrons. The molecule has 2 atom stereocenters. The van der Waals surface area contributed by atoms with E-state index < -0.39 is 0 Å². The Hall–Kier alpha value is -0.120. The van der Waals surface area contributed by atoms with Gasteiger partial charge < -0.3 is 10.2 Å². The summed E-state index contributed by atoms with van der Waals surface area (Å²) in [5.41, 5.74) is 0. The van der Waals surface area contributed by atoms with Gasteiger partial charge in [0.15, 0.2) is 0 Å². The lowest BCUT2D eigenvalue weighted by molar-refractivity contribution is 0.0982. The summed E-state index contributed by atoms with van der Waals surface area (Å²) < 4.78 is 0. The van der Waals surface area contributed by atoms with Gasteiger partial charge in [0.05, 0.1) is 0 Å². The molecule has 2 saturated heterocycles. The number of piperidine rings is 2. The van der Waals surface area contributed by atoms with Crippen LogP contribution in [0, 0.1) is 0 Å². The van der Waals surface area contributed by atoms with Crippen molar-refractivity contribution in [2.45, 2.75) is 57.5 Å². The van der Waals surface area contributed by atoms with Crippen LogP contribution in [-0.4, -0.2) is 61.7 Å². The molecule has 18 heavy (non-hydrogen) atoms. The molecule has 2 fully saturated rings. The summed E-state index contributed by atoms with van der Waals surface area (Å²) in [6.45, 7) is 8.65. The van der Waals surface area contributed by atoms with Crippen LogP contribution >= 0.6 is 0 Å². The number of likely N-dealkylation sites (tertiary alicyclic amines) is 1. The minimum Gasteiger partial charge on any atom is -0.313 e. The molecule has 2 aliphatic rings. The van der Waals surface area contributed by atoms with E-state index in [4.69, 9.17) is 0 Å². The van der Waals surface area contributed by atoms with Gasteiger partial charge >= 0.3 is 0 Å². The fourth-order valence-electron chi connectivity index (χ4n) is 3.51. The molecular weight excluding hydrogens is 222 g/mol. The fraction of sp³-hybridized carbons (Fsp3) is 1.00. The van der Waals surface area contributed by atoms with Crippen molar-refractivity contribution >= 4 is 0 Å². The summed E-state index contributed by atoms with van der Waals surface area (Å²) in [7, 11) is 2.27. The molecule has 106 valence electrons. The van der Waals surface area contributed by atoms with Crippen LogP contribution in [-0.2, 0) is 0 Å². The molecule has 0 amide bonds. The highest BCUT2D eigenvalue weighted by atomic mass is 15.2. The molecule has 2 rings (SSSR count). The maximum Gasteiger partial charge on any atom is 0.0224 e. The second-order valence-corrected chi connectivity index (χ2v) is 6.20. The number of nitrogens with zero attached hydrogens (tertiary/aromatic N) is 2. The van der Waals surface area contributed by atoms with Crippen LogP contribution in [0.5, 0.6) is 0 Å². The Labute approximate surface area is 113 Å². The summed E-state index contributed by atoms with van der Waals surface area (Å²) >= 11 is 0. The number of hydrogen-bond donors (Lipinski definition) is 1. The van der Waals surface area contributed by atoms with Gasteiger partial charge in [0, 0.05) is 25.2 Å². The highest BCUT2D eigenvalue weighted by molar-refractivity contribution is 4.83. The molecule has 2 unspecified atom stereocenters. The zero-order valence-electron chi connectivity index (χ0n) is 12.3. The highest BCUT2D eigenvalue weighted by Crippen LogP contribution is 2.17. The van der Waals surface area contributed by atoms with Crippen molar-refractivity contribution < 1.29 is 0 Å². The molecule has 3 heteroatoms. The molecule has 0 aromatic carbocycles. The van der Waals surface area contributed by atoms with Crippen molar-refractivity contribution in [1.29, 1.82) is 0 Å². The number of nitrogens with one attached hydrogen (secondary N) is 1. The largest absolute Gasteiger partial charge is 0.313 e. The van der Waals surface area contributed by atoms with Crippen LogP contribution in [0.4, 0.5) is 0 Å². The standard InChI is InChI=1S/C15H31N3/c1-3-10-18(12-14-7-4-5-9-16-14)15-8-6-11-17(2)13-15/h14-16H,3-13H2,1-2H3. The number of hydrogen-bond acceptors (Lipinski definition) is 3. The monoisotopic (exact) mass is 253 g/mol. The molecule has 2 aliphatic heterocycles. The Morgan fingerprint density at radius 2 is 2.11 bits per heavy atom. The zero-order chi connectivity index (χ0) is 12.8. The maximum absolute atomic E-state index is 3.70. The molecule has 0 aromatic rings. The van der Waals surface area contributed by atoms with Crippen molar-refractivity contribution in [3.8, 4) is 0 Å². The van der Waals surface area contributed by atoms with Crippen molar-refractivity contribution in [3.05, 3.63) is 0 Å². The SMILES string of the molecule is CCCN(CC1CCCCN1)C1CCCN(C)C1. The Kier molecular flexibility index (Phi) is 5.93. The van der Waals surface area contributed by atoms with E-state index in [1.807, 2.05) is 0 Å². The van der Waals surface area contributed by atoms with E-state index in [0.29, 0.717) is 0 Å². The van der Waals surface area contributed by atoms with E-state index in [9.17, 15) is 0 Å². The Morgan fingerprint density at radius 1 is 1.22 bits per heavy atom. The van der Waals surface area contributed by atoms with Crippen LogP contribution in [0.25, 0.3) is 0 Å². The Balaban J connectivity index is 1.85. The van der Waals surface area contributed by atoms with Gasteiger partial charge in [0.25, 0.3) is 0 Å². The van der Waals surface area contributed by atoms with Crippen LogP contribution in [0.15, 0.2) is 0 Å². The van der Waals surface area contributed by atoms with E-state index in [1.165, 1.54) is 71.2 Å². The second kappa shape index (κ2) is 7.46. The van der Waals surface area contributed by atoms with E-state index in [-0.39, 0.29) is 0 Å². The molecule has 0 saturated carbocycles. The number of rotatable bonds is 5. The quantitative estimate of drug-likeness (QED) is 0.808. The summed E-state index contributed by atoms with van der Waals surface area (Å²) in [5.74, 6) is 0. The minimum absolute atomic E-state index is 0.748. The second-order valence-electron chi connectivity index (χ2n) is 6.20. The average molecular weight is 253 g/mol. The van der Waals surface area contributed by atoms with Crippen LogP contribution in [0.1, 0.15) is 45.4 Å². The zero-order valence-corrected chi connectivity index (χ0v) is 12.3. The molecule has 0 spiro atoms. The lowest BCUT2D eigenvalue weighted by Crippen LogP contribution is -2.52. The van der Waals surface area contributed by atoms with Gasteiger partial charge in [0.1, 0.15) is 0 Å². The fourth-order valence-corrected chi connectivity index (χ4v) is 3.51. The molecule has 0 bridgehead atoms. The first-order valence-corrected chi connectivity index (χ1v) is 7.95. The molecule has 0 aliphatic carbocycles. The normalized spacial score (nSPS) is 30.8. The lowest BCUT2D eigenvalue weighted by Gasteiger charge is -2.40. The average Bonchev–Trinajstić information content (AvgIpc) is 2.39.